The minimum Gasteiger partial charge on any atom is -0.481 e. The molecule has 2 aromatic rings. The van der Waals surface area contributed by atoms with Crippen LogP contribution >= 0.6 is 22.9 Å². The van der Waals surface area contributed by atoms with Gasteiger partial charge < -0.3 is 15.2 Å². The maximum atomic E-state index is 14.5. The molecule has 8 nitrogen and oxygen atoms in total. The van der Waals surface area contributed by atoms with E-state index < -0.39 is 42.3 Å². The van der Waals surface area contributed by atoms with Crippen LogP contribution in [-0.4, -0.2) is 64.9 Å². The number of carboxylic acids is 1. The zero-order valence-electron chi connectivity index (χ0n) is 20.4. The number of aliphatic imine (C=N–C) groups is 1. The number of ether oxygens (including phenoxy) is 1. The number of aromatic nitrogens is 1. The molecule has 2 N–H and O–H groups in total. The molecular weight excluding hydrogens is 545 g/mol. The van der Waals surface area contributed by atoms with Crippen molar-refractivity contribution >= 4 is 40.7 Å². The molecule has 0 amide bonds. The van der Waals surface area contributed by atoms with Crippen LogP contribution in [0.4, 0.5) is 13.2 Å². The number of alkyl halides is 2. The number of rotatable bonds is 10. The van der Waals surface area contributed by atoms with Gasteiger partial charge in [-0.15, -0.1) is 11.3 Å². The molecule has 1 aromatic carbocycles. The zero-order chi connectivity index (χ0) is 27.4. The van der Waals surface area contributed by atoms with Crippen molar-refractivity contribution in [1.29, 1.82) is 0 Å². The van der Waals surface area contributed by atoms with E-state index in [1.54, 1.807) is 16.5 Å². The molecule has 204 valence electrons. The van der Waals surface area contributed by atoms with Crippen LogP contribution in [0.2, 0.25) is 5.02 Å². The number of hydrogen-bond acceptors (Lipinski definition) is 8. The Hall–Kier alpha value is -2.96. The standard InChI is InChI=1S/C25H26ClF3N4O4S/c1-37-24(36)20-18(12-33-13-25(28,29)11-15(33)4-2-3-5-19(34)35)31-22(23-30-8-9-38-23)32-21(20)16-7-6-14(27)10-17(16)26/h6-10,15,21H,2-5,11-13H2,1H3,(H,31,32)(H,34,35). The van der Waals surface area contributed by atoms with Gasteiger partial charge in [0, 0.05) is 53.3 Å². The van der Waals surface area contributed by atoms with Gasteiger partial charge in [-0.1, -0.05) is 24.1 Å². The number of carboxylic acid groups (broad SMARTS) is 1. The summed E-state index contributed by atoms with van der Waals surface area (Å²) in [5.41, 5.74) is 0.718. The molecular formula is C25H26ClF3N4O4S. The van der Waals surface area contributed by atoms with Crippen molar-refractivity contribution in [1.82, 2.24) is 15.2 Å². The molecule has 0 radical (unpaired) electrons. The van der Waals surface area contributed by atoms with Gasteiger partial charge in [0.15, 0.2) is 10.8 Å². The number of hydrogen-bond donors (Lipinski definition) is 2. The first kappa shape index (κ1) is 28.1. The summed E-state index contributed by atoms with van der Waals surface area (Å²) in [6.45, 7) is -0.578. The van der Waals surface area contributed by atoms with Crippen LogP contribution in [0.25, 0.3) is 0 Å². The van der Waals surface area contributed by atoms with Crippen molar-refractivity contribution < 1.29 is 32.6 Å². The second-order valence-corrected chi connectivity index (χ2v) is 10.5. The Morgan fingerprint density at radius 1 is 1.34 bits per heavy atom. The van der Waals surface area contributed by atoms with Gasteiger partial charge in [0.1, 0.15) is 11.9 Å². The topological polar surface area (TPSA) is 104 Å². The molecule has 4 rings (SSSR count). The Labute approximate surface area is 226 Å². The number of halogens is 4. The smallest absolute Gasteiger partial charge is 0.338 e. The summed E-state index contributed by atoms with van der Waals surface area (Å²) in [6.07, 6.45) is 2.41. The van der Waals surface area contributed by atoms with Crippen molar-refractivity contribution in [2.24, 2.45) is 4.99 Å². The van der Waals surface area contributed by atoms with E-state index in [0.29, 0.717) is 41.4 Å². The molecule has 2 unspecified atom stereocenters. The summed E-state index contributed by atoms with van der Waals surface area (Å²) in [4.78, 5) is 34.4. The normalized spacial score (nSPS) is 21.2. The fourth-order valence-electron chi connectivity index (χ4n) is 4.76. The number of unbranched alkanes of at least 4 members (excludes halogenated alkanes) is 1. The molecule has 13 heteroatoms. The van der Waals surface area contributed by atoms with Crippen molar-refractivity contribution in [3.05, 3.63) is 62.5 Å². The van der Waals surface area contributed by atoms with Crippen LogP contribution in [0.3, 0.4) is 0 Å². The summed E-state index contributed by atoms with van der Waals surface area (Å²) in [5, 5.41) is 14.3. The third-order valence-corrected chi connectivity index (χ3v) is 7.55. The molecule has 0 aliphatic carbocycles. The van der Waals surface area contributed by atoms with Gasteiger partial charge >= 0.3 is 11.9 Å². The minimum atomic E-state index is -2.94. The molecule has 1 aromatic heterocycles. The van der Waals surface area contributed by atoms with Gasteiger partial charge in [-0.2, -0.15) is 0 Å². The number of methoxy groups -OCH3 is 1. The number of carbonyl (C=O) groups is 2. The van der Waals surface area contributed by atoms with E-state index in [0.717, 1.165) is 6.07 Å². The van der Waals surface area contributed by atoms with Crippen LogP contribution in [0.15, 0.2) is 46.0 Å². The molecule has 2 aliphatic heterocycles. The first-order valence-corrected chi connectivity index (χ1v) is 13.2. The summed E-state index contributed by atoms with van der Waals surface area (Å²) >= 11 is 7.64. The summed E-state index contributed by atoms with van der Waals surface area (Å²) < 4.78 is 47.9. The predicted molar refractivity (Wildman–Crippen MR) is 136 cm³/mol. The lowest BCUT2D eigenvalue weighted by Crippen LogP contribution is -2.41. The highest BCUT2D eigenvalue weighted by molar-refractivity contribution is 7.11. The van der Waals surface area contributed by atoms with Crippen LogP contribution in [0.5, 0.6) is 0 Å². The van der Waals surface area contributed by atoms with Crippen LogP contribution in [0.1, 0.15) is 48.7 Å². The Bertz CT molecular complexity index is 1260. The molecule has 2 aliphatic rings. The lowest BCUT2D eigenvalue weighted by atomic mass is 9.95. The monoisotopic (exact) mass is 570 g/mol. The van der Waals surface area contributed by atoms with E-state index in [2.05, 4.69) is 15.3 Å². The SMILES string of the molecule is COC(=O)C1=C(CN2CC(F)(F)CC2CCCCC(=O)O)NC(c2nccs2)=NC1c1ccc(F)cc1Cl. The molecule has 0 saturated carbocycles. The highest BCUT2D eigenvalue weighted by Gasteiger charge is 2.45. The first-order valence-electron chi connectivity index (χ1n) is 11.9. The zero-order valence-corrected chi connectivity index (χ0v) is 22.0. The summed E-state index contributed by atoms with van der Waals surface area (Å²) in [7, 11) is 1.20. The first-order chi connectivity index (χ1) is 18.1. The fraction of sp³-hybridized carbons (Fsp3) is 0.440. The third kappa shape index (κ3) is 6.54. The van der Waals surface area contributed by atoms with Crippen molar-refractivity contribution in [3.63, 3.8) is 0 Å². The molecule has 38 heavy (non-hydrogen) atoms. The molecule has 3 heterocycles. The largest absolute Gasteiger partial charge is 0.481 e. The van der Waals surface area contributed by atoms with Crippen LogP contribution in [0, 0.1) is 5.82 Å². The number of carbonyl (C=O) groups excluding carboxylic acids is 1. The quantitative estimate of drug-likeness (QED) is 0.312. The van der Waals surface area contributed by atoms with Gasteiger partial charge in [-0.3, -0.25) is 14.7 Å². The van der Waals surface area contributed by atoms with Gasteiger partial charge in [0.25, 0.3) is 5.92 Å². The predicted octanol–water partition coefficient (Wildman–Crippen LogP) is 4.81. The molecule has 1 fully saturated rings. The van der Waals surface area contributed by atoms with Gasteiger partial charge in [-0.25, -0.2) is 22.9 Å². The van der Waals surface area contributed by atoms with Crippen molar-refractivity contribution in [2.45, 2.75) is 50.1 Å². The average Bonchev–Trinajstić information content (AvgIpc) is 3.48. The number of likely N-dealkylation sites (tertiary alicyclic amines) is 1. The Morgan fingerprint density at radius 2 is 2.13 bits per heavy atom. The van der Waals surface area contributed by atoms with Crippen molar-refractivity contribution in [2.75, 3.05) is 20.2 Å². The highest BCUT2D eigenvalue weighted by atomic mass is 35.5. The van der Waals surface area contributed by atoms with Crippen molar-refractivity contribution in [3.8, 4) is 0 Å². The Kier molecular flexibility index (Phi) is 8.74. The number of nitrogens with one attached hydrogen (secondary N) is 1. The highest BCUT2D eigenvalue weighted by Crippen LogP contribution is 2.39. The lowest BCUT2D eigenvalue weighted by molar-refractivity contribution is -0.137. The molecule has 2 atom stereocenters. The number of amidine groups is 1. The fourth-order valence-corrected chi connectivity index (χ4v) is 5.62. The van der Waals surface area contributed by atoms with E-state index in [-0.39, 0.29) is 30.0 Å². The number of esters is 1. The number of aliphatic carboxylic acids is 1. The van der Waals surface area contributed by atoms with E-state index >= 15 is 0 Å². The minimum absolute atomic E-state index is 0.0317. The van der Waals surface area contributed by atoms with E-state index in [1.165, 1.54) is 30.6 Å². The van der Waals surface area contributed by atoms with Gasteiger partial charge in [0.2, 0.25) is 0 Å². The Morgan fingerprint density at radius 3 is 2.79 bits per heavy atom. The Balaban J connectivity index is 1.71. The van der Waals surface area contributed by atoms with Gasteiger partial charge in [0.05, 0.1) is 19.2 Å². The maximum Gasteiger partial charge on any atom is 0.338 e. The maximum absolute atomic E-state index is 14.5. The second kappa shape index (κ2) is 11.8. The van der Waals surface area contributed by atoms with E-state index in [4.69, 9.17) is 21.4 Å². The molecule has 0 spiro atoms. The summed E-state index contributed by atoms with van der Waals surface area (Å²) in [5.74, 6) is -4.85. The van der Waals surface area contributed by atoms with E-state index in [9.17, 15) is 22.8 Å². The third-order valence-electron chi connectivity index (χ3n) is 6.45. The average molecular weight is 571 g/mol. The number of nitrogens with zero attached hydrogens (tertiary/aromatic N) is 3. The number of benzene rings is 1. The number of thiazole rings is 1. The molecule has 0 bridgehead atoms. The second-order valence-electron chi connectivity index (χ2n) is 9.15. The molecule has 1 saturated heterocycles. The van der Waals surface area contributed by atoms with Crippen LogP contribution < -0.4 is 5.32 Å². The van der Waals surface area contributed by atoms with E-state index in [1.807, 2.05) is 0 Å². The lowest BCUT2D eigenvalue weighted by Gasteiger charge is -2.31. The van der Waals surface area contributed by atoms with Gasteiger partial charge in [-0.05, 0) is 25.0 Å². The van der Waals surface area contributed by atoms with Crippen LogP contribution in [-0.2, 0) is 14.3 Å². The summed E-state index contributed by atoms with van der Waals surface area (Å²) in [6, 6.07) is 2.21.